The Labute approximate surface area is 160 Å². The second-order valence-electron chi connectivity index (χ2n) is 6.05. The van der Waals surface area contributed by atoms with Crippen LogP contribution in [0.1, 0.15) is 17.3 Å². The first-order valence-corrected chi connectivity index (χ1v) is 9.37. The van der Waals surface area contributed by atoms with Crippen LogP contribution in [-0.4, -0.2) is 12.6 Å². The number of rotatable bonds is 3. The summed E-state index contributed by atoms with van der Waals surface area (Å²) >= 11 is 3.77. The highest BCUT2D eigenvalue weighted by Crippen LogP contribution is 2.42. The molecule has 0 radical (unpaired) electrons. The third-order valence-corrected chi connectivity index (χ3v) is 5.41. The zero-order chi connectivity index (χ0) is 18.1. The van der Waals surface area contributed by atoms with Gasteiger partial charge >= 0.3 is 5.97 Å². The molecule has 0 aliphatic heterocycles. The minimum Gasteiger partial charge on any atom is -0.462 e. The molecule has 128 valence electrons. The van der Waals surface area contributed by atoms with Crippen molar-refractivity contribution < 1.29 is 9.53 Å². The van der Waals surface area contributed by atoms with Crippen LogP contribution < -0.4 is 0 Å². The van der Waals surface area contributed by atoms with Gasteiger partial charge in [0.2, 0.25) is 0 Å². The molecule has 0 heterocycles. The van der Waals surface area contributed by atoms with Gasteiger partial charge in [0.25, 0.3) is 0 Å². The van der Waals surface area contributed by atoms with E-state index in [1.54, 1.807) is 0 Å². The molecule has 0 aliphatic rings. The van der Waals surface area contributed by atoms with Gasteiger partial charge < -0.3 is 4.74 Å². The average Bonchev–Trinajstić information content (AvgIpc) is 2.69. The smallest absolute Gasteiger partial charge is 0.338 e. The Morgan fingerprint density at radius 3 is 1.88 bits per heavy atom. The highest BCUT2D eigenvalue weighted by Gasteiger charge is 2.19. The van der Waals surface area contributed by atoms with Crippen LogP contribution in [0.2, 0.25) is 0 Å². The molecule has 4 rings (SSSR count). The number of hydrogen-bond acceptors (Lipinski definition) is 2. The van der Waals surface area contributed by atoms with Crippen molar-refractivity contribution in [2.45, 2.75) is 6.92 Å². The normalized spacial score (nSPS) is 11.0. The lowest BCUT2D eigenvalue weighted by atomic mass is 9.89. The molecule has 2 nitrogen and oxygen atoms in total. The summed E-state index contributed by atoms with van der Waals surface area (Å²) in [7, 11) is 0. The topological polar surface area (TPSA) is 26.3 Å². The number of ether oxygens (including phenoxy) is 1. The number of carbonyl (C=O) groups is 1. The summed E-state index contributed by atoms with van der Waals surface area (Å²) in [6, 6.07) is 24.2. The summed E-state index contributed by atoms with van der Waals surface area (Å²) in [5, 5.41) is 4.46. The Kier molecular flexibility index (Phi) is 4.48. The van der Waals surface area contributed by atoms with Gasteiger partial charge in [0.05, 0.1) is 12.2 Å². The average molecular weight is 405 g/mol. The molecule has 4 aromatic carbocycles. The number of benzene rings is 4. The summed E-state index contributed by atoms with van der Waals surface area (Å²) in [6.07, 6.45) is 0. The summed E-state index contributed by atoms with van der Waals surface area (Å²) in [4.78, 5) is 12.5. The van der Waals surface area contributed by atoms with Crippen molar-refractivity contribution in [2.75, 3.05) is 6.61 Å². The monoisotopic (exact) mass is 404 g/mol. The summed E-state index contributed by atoms with van der Waals surface area (Å²) in [6.45, 7) is 2.18. The predicted molar refractivity (Wildman–Crippen MR) is 111 cm³/mol. The van der Waals surface area contributed by atoms with Gasteiger partial charge in [0.15, 0.2) is 0 Å². The quantitative estimate of drug-likeness (QED) is 0.284. The zero-order valence-electron chi connectivity index (χ0n) is 14.3. The standard InChI is InChI=1S/C23H17BrO2/c1-2-26-23(25)20-14-8-5-11-17(20)21-15-9-3-6-12-18(15)22(24)19-13-7-4-10-16(19)21/h3-14H,2H2,1H3. The van der Waals surface area contributed by atoms with E-state index in [0.29, 0.717) is 12.2 Å². The van der Waals surface area contributed by atoms with Crippen molar-refractivity contribution in [1.29, 1.82) is 0 Å². The van der Waals surface area contributed by atoms with Crippen molar-refractivity contribution in [3.8, 4) is 11.1 Å². The Hall–Kier alpha value is -2.65. The summed E-state index contributed by atoms with van der Waals surface area (Å²) in [5.41, 5.74) is 2.54. The molecule has 0 amide bonds. The minimum atomic E-state index is -0.292. The largest absolute Gasteiger partial charge is 0.462 e. The fraction of sp³-hybridized carbons (Fsp3) is 0.0870. The second kappa shape index (κ2) is 6.93. The van der Waals surface area contributed by atoms with Gasteiger partial charge in [0.1, 0.15) is 0 Å². The van der Waals surface area contributed by atoms with Crippen molar-refractivity contribution in [3.05, 3.63) is 82.8 Å². The van der Waals surface area contributed by atoms with Gasteiger partial charge in [-0.1, -0.05) is 66.7 Å². The van der Waals surface area contributed by atoms with Gasteiger partial charge in [0, 0.05) is 4.47 Å². The lowest BCUT2D eigenvalue weighted by Crippen LogP contribution is -2.06. The highest BCUT2D eigenvalue weighted by molar-refractivity contribution is 9.10. The van der Waals surface area contributed by atoms with Crippen molar-refractivity contribution in [1.82, 2.24) is 0 Å². The maximum absolute atomic E-state index is 12.5. The molecule has 0 aromatic heterocycles. The first-order chi connectivity index (χ1) is 12.7. The maximum Gasteiger partial charge on any atom is 0.338 e. The van der Waals surface area contributed by atoms with E-state index in [1.165, 1.54) is 0 Å². The molecule has 0 saturated heterocycles. The molecule has 0 atom stereocenters. The van der Waals surface area contributed by atoms with E-state index in [0.717, 1.165) is 37.1 Å². The first-order valence-electron chi connectivity index (χ1n) is 8.58. The van der Waals surface area contributed by atoms with Crippen LogP contribution in [0.15, 0.2) is 77.3 Å². The van der Waals surface area contributed by atoms with Gasteiger partial charge in [-0.15, -0.1) is 0 Å². The Morgan fingerprint density at radius 1 is 0.808 bits per heavy atom. The Balaban J connectivity index is 2.16. The molecule has 0 bridgehead atoms. The van der Waals surface area contributed by atoms with Crippen LogP contribution in [-0.2, 0) is 4.74 Å². The van der Waals surface area contributed by atoms with E-state index in [2.05, 4.69) is 40.2 Å². The number of carbonyl (C=O) groups excluding carboxylic acids is 1. The molecule has 0 saturated carbocycles. The van der Waals surface area contributed by atoms with E-state index in [4.69, 9.17) is 4.74 Å². The van der Waals surface area contributed by atoms with E-state index < -0.39 is 0 Å². The molecular formula is C23H17BrO2. The van der Waals surface area contributed by atoms with Crippen LogP contribution in [0.3, 0.4) is 0 Å². The molecule has 4 aromatic rings. The fourth-order valence-corrected chi connectivity index (χ4v) is 4.14. The molecule has 3 heteroatoms. The second-order valence-corrected chi connectivity index (χ2v) is 6.84. The van der Waals surface area contributed by atoms with E-state index in [1.807, 2.05) is 55.5 Å². The lowest BCUT2D eigenvalue weighted by Gasteiger charge is -2.16. The van der Waals surface area contributed by atoms with Crippen molar-refractivity contribution >= 4 is 43.4 Å². The molecule has 0 fully saturated rings. The Morgan fingerprint density at radius 2 is 1.31 bits per heavy atom. The Bertz CT molecular complexity index is 1070. The van der Waals surface area contributed by atoms with E-state index >= 15 is 0 Å². The summed E-state index contributed by atoms with van der Waals surface area (Å²) < 4.78 is 6.36. The zero-order valence-corrected chi connectivity index (χ0v) is 15.9. The first kappa shape index (κ1) is 16.8. The molecular weight excluding hydrogens is 388 g/mol. The fourth-order valence-electron chi connectivity index (χ4n) is 3.45. The van der Waals surface area contributed by atoms with Crippen LogP contribution in [0.5, 0.6) is 0 Å². The maximum atomic E-state index is 12.5. The van der Waals surface area contributed by atoms with Crippen LogP contribution in [0, 0.1) is 0 Å². The van der Waals surface area contributed by atoms with Crippen molar-refractivity contribution in [2.24, 2.45) is 0 Å². The number of halogens is 1. The third-order valence-electron chi connectivity index (χ3n) is 4.56. The van der Waals surface area contributed by atoms with E-state index in [-0.39, 0.29) is 5.97 Å². The minimum absolute atomic E-state index is 0.292. The molecule has 0 N–H and O–H groups in total. The number of fused-ring (bicyclic) bond motifs is 2. The lowest BCUT2D eigenvalue weighted by molar-refractivity contribution is 0.0527. The van der Waals surface area contributed by atoms with Gasteiger partial charge in [-0.3, -0.25) is 0 Å². The van der Waals surface area contributed by atoms with Crippen LogP contribution in [0.25, 0.3) is 32.7 Å². The number of hydrogen-bond donors (Lipinski definition) is 0. The third kappa shape index (κ3) is 2.69. The predicted octanol–water partition coefficient (Wildman–Crippen LogP) is 6.60. The van der Waals surface area contributed by atoms with E-state index in [9.17, 15) is 4.79 Å². The van der Waals surface area contributed by atoms with Crippen molar-refractivity contribution in [3.63, 3.8) is 0 Å². The van der Waals surface area contributed by atoms with Crippen LogP contribution in [0.4, 0.5) is 0 Å². The molecule has 0 spiro atoms. The van der Waals surface area contributed by atoms with Gasteiger partial charge in [-0.25, -0.2) is 4.79 Å². The molecule has 26 heavy (non-hydrogen) atoms. The molecule has 0 unspecified atom stereocenters. The van der Waals surface area contributed by atoms with Gasteiger partial charge in [-0.2, -0.15) is 0 Å². The van der Waals surface area contributed by atoms with Gasteiger partial charge in [-0.05, 0) is 61.6 Å². The highest BCUT2D eigenvalue weighted by atomic mass is 79.9. The SMILES string of the molecule is CCOC(=O)c1ccccc1-c1c2ccccc2c(Br)c2ccccc12. The summed E-state index contributed by atoms with van der Waals surface area (Å²) in [5.74, 6) is -0.292. The molecule has 0 aliphatic carbocycles. The number of esters is 1. The van der Waals surface area contributed by atoms with Crippen LogP contribution >= 0.6 is 15.9 Å².